The van der Waals surface area contributed by atoms with Gasteiger partial charge in [0.15, 0.2) is 12.1 Å². The average molecular weight is 845 g/mol. The number of carbonyl (C=O) groups is 3. The van der Waals surface area contributed by atoms with Crippen molar-refractivity contribution in [1.29, 1.82) is 0 Å². The molecule has 0 radical (unpaired) electrons. The van der Waals surface area contributed by atoms with Crippen LogP contribution in [0, 0.1) is 0 Å². The van der Waals surface area contributed by atoms with Crippen molar-refractivity contribution in [2.24, 2.45) is 0 Å². The molecular formula is C52H94NO7+. The van der Waals surface area contributed by atoms with Gasteiger partial charge in [0, 0.05) is 19.3 Å². The summed E-state index contributed by atoms with van der Waals surface area (Å²) in [5.41, 5.74) is 0. The minimum Gasteiger partial charge on any atom is -0.477 e. The number of allylic oxidation sites excluding steroid dienone is 8. The fraction of sp³-hybridized carbons (Fsp3) is 0.788. The first-order valence-electron chi connectivity index (χ1n) is 24.7. The number of nitrogens with zero attached hydrogens (tertiary/aromatic N) is 1. The highest BCUT2D eigenvalue weighted by Crippen LogP contribution is 2.14. The van der Waals surface area contributed by atoms with E-state index in [1.54, 1.807) is 0 Å². The van der Waals surface area contributed by atoms with Crippen LogP contribution < -0.4 is 0 Å². The first kappa shape index (κ1) is 57.3. The molecule has 0 heterocycles. The monoisotopic (exact) mass is 845 g/mol. The van der Waals surface area contributed by atoms with E-state index in [0.717, 1.165) is 44.9 Å². The van der Waals surface area contributed by atoms with E-state index in [2.05, 4.69) is 56.4 Å². The van der Waals surface area contributed by atoms with Crippen LogP contribution in [-0.2, 0) is 28.6 Å². The predicted octanol–water partition coefficient (Wildman–Crippen LogP) is 14.0. The van der Waals surface area contributed by atoms with Crippen molar-refractivity contribution in [3.05, 3.63) is 48.6 Å². The molecule has 0 bridgehead atoms. The number of hydrogen-bond donors (Lipinski definition) is 1. The third-order valence-electron chi connectivity index (χ3n) is 11.0. The number of rotatable bonds is 44. The molecule has 0 aromatic rings. The van der Waals surface area contributed by atoms with Gasteiger partial charge in [0.1, 0.15) is 6.61 Å². The summed E-state index contributed by atoms with van der Waals surface area (Å²) in [5, 5.41) is 9.63. The Morgan fingerprint density at radius 3 is 1.35 bits per heavy atom. The molecule has 0 fully saturated rings. The van der Waals surface area contributed by atoms with Gasteiger partial charge in [0.2, 0.25) is 0 Å². The first-order chi connectivity index (χ1) is 29.1. The summed E-state index contributed by atoms with van der Waals surface area (Å²) in [7, 11) is 5.51. The fourth-order valence-corrected chi connectivity index (χ4v) is 7.12. The van der Waals surface area contributed by atoms with Crippen LogP contribution in [0.25, 0.3) is 0 Å². The minimum atomic E-state index is -0.883. The van der Waals surface area contributed by atoms with E-state index < -0.39 is 18.1 Å². The maximum atomic E-state index is 12.8. The zero-order valence-electron chi connectivity index (χ0n) is 39.7. The molecule has 8 heteroatoms. The van der Waals surface area contributed by atoms with Gasteiger partial charge in [0.25, 0.3) is 0 Å². The highest BCUT2D eigenvalue weighted by molar-refractivity contribution is 5.72. The number of unbranched alkanes of at least 4 members (excludes halogenated alkanes) is 22. The summed E-state index contributed by atoms with van der Waals surface area (Å²) in [6, 6.07) is -0.624. The van der Waals surface area contributed by atoms with Gasteiger partial charge < -0.3 is 23.8 Å². The summed E-state index contributed by atoms with van der Waals surface area (Å²) in [6.07, 6.45) is 51.8. The van der Waals surface area contributed by atoms with Crippen molar-refractivity contribution in [3.8, 4) is 0 Å². The van der Waals surface area contributed by atoms with Crippen LogP contribution >= 0.6 is 0 Å². The molecule has 0 aliphatic heterocycles. The number of quaternary nitrogens is 1. The summed E-state index contributed by atoms with van der Waals surface area (Å²) < 4.78 is 17.2. The van der Waals surface area contributed by atoms with Gasteiger partial charge in [-0.2, -0.15) is 0 Å². The largest absolute Gasteiger partial charge is 0.477 e. The van der Waals surface area contributed by atoms with Gasteiger partial charge in [-0.15, -0.1) is 0 Å². The predicted molar refractivity (Wildman–Crippen MR) is 252 cm³/mol. The lowest BCUT2D eigenvalue weighted by atomic mass is 10.1. The highest BCUT2D eigenvalue weighted by atomic mass is 16.6. The van der Waals surface area contributed by atoms with Crippen LogP contribution in [0.5, 0.6) is 0 Å². The molecule has 8 nitrogen and oxygen atoms in total. The molecular weight excluding hydrogens is 751 g/mol. The molecule has 0 rings (SSSR count). The van der Waals surface area contributed by atoms with Crippen molar-refractivity contribution in [3.63, 3.8) is 0 Å². The molecule has 60 heavy (non-hydrogen) atoms. The average Bonchev–Trinajstić information content (AvgIpc) is 3.21. The summed E-state index contributed by atoms with van der Waals surface area (Å²) in [5.74, 6) is -1.56. The Balaban J connectivity index is 4.30. The molecule has 0 aromatic carbocycles. The van der Waals surface area contributed by atoms with Crippen molar-refractivity contribution >= 4 is 17.9 Å². The maximum Gasteiger partial charge on any atom is 0.362 e. The van der Waals surface area contributed by atoms with Crippen molar-refractivity contribution in [2.45, 2.75) is 225 Å². The van der Waals surface area contributed by atoms with Gasteiger partial charge in [0.05, 0.1) is 34.4 Å². The first-order valence-corrected chi connectivity index (χ1v) is 24.7. The van der Waals surface area contributed by atoms with Crippen molar-refractivity contribution in [1.82, 2.24) is 0 Å². The lowest BCUT2D eigenvalue weighted by Crippen LogP contribution is -2.50. The Hall–Kier alpha value is -2.71. The Morgan fingerprint density at radius 2 is 0.917 bits per heavy atom. The molecule has 0 aliphatic rings. The fourth-order valence-electron chi connectivity index (χ4n) is 7.12. The zero-order chi connectivity index (χ0) is 44.2. The quantitative estimate of drug-likeness (QED) is 0.0282. The van der Waals surface area contributed by atoms with Crippen molar-refractivity contribution < 1.29 is 38.2 Å². The van der Waals surface area contributed by atoms with Crippen molar-refractivity contribution in [2.75, 3.05) is 41.0 Å². The second-order valence-electron chi connectivity index (χ2n) is 17.7. The molecule has 348 valence electrons. The molecule has 2 unspecified atom stereocenters. The van der Waals surface area contributed by atoms with Gasteiger partial charge >= 0.3 is 17.9 Å². The highest BCUT2D eigenvalue weighted by Gasteiger charge is 2.31. The molecule has 1 N–H and O–H groups in total. The van der Waals surface area contributed by atoms with Gasteiger partial charge in [-0.25, -0.2) is 4.79 Å². The van der Waals surface area contributed by atoms with Crippen LogP contribution in [0.2, 0.25) is 0 Å². The number of aliphatic carboxylic acids is 1. The number of likely N-dealkylation sites (N-methyl/N-ethyl adjacent to an activating group) is 1. The normalized spacial score (nSPS) is 13.3. The van der Waals surface area contributed by atoms with E-state index in [9.17, 15) is 19.5 Å². The molecule has 0 saturated carbocycles. The number of hydrogen-bond acceptors (Lipinski definition) is 6. The molecule has 2 atom stereocenters. The molecule has 0 amide bonds. The standard InChI is InChI=1S/C52H93NO7/c1-6-8-10-12-14-16-18-20-21-22-23-24-25-26-27-28-29-31-33-35-37-39-41-43-51(55)60-48(46-58-45-44-49(52(56)57)53(3,4)5)47-59-50(54)42-40-38-36-34-32-30-19-17-15-13-11-9-7-2/h23-24,26-27,30,32,36,38,48-49H,6-22,25,28-29,31,33-35,37,39-47H2,1-5H3/p+1/b24-23+,27-26+,32-30+,38-36+. The van der Waals surface area contributed by atoms with E-state index in [0.29, 0.717) is 19.3 Å². The number of carbonyl (C=O) groups excluding carboxylic acids is 2. The SMILES string of the molecule is CCCCCCCC/C=C/C/C=C/CCC(=O)OCC(COCCC(C(=O)O)[N+](C)(C)C)OC(=O)CCCCCCCCC/C=C/C/C=C/CCCCCCCCCCC. The third kappa shape index (κ3) is 40.7. The van der Waals surface area contributed by atoms with Crippen LogP contribution in [0.4, 0.5) is 0 Å². The smallest absolute Gasteiger partial charge is 0.362 e. The lowest BCUT2D eigenvalue weighted by Gasteiger charge is -2.31. The molecule has 0 aliphatic carbocycles. The van der Waals surface area contributed by atoms with E-state index in [4.69, 9.17) is 14.2 Å². The number of carboxylic acid groups (broad SMARTS) is 1. The van der Waals surface area contributed by atoms with E-state index in [1.807, 2.05) is 27.2 Å². The van der Waals surface area contributed by atoms with Crippen LogP contribution in [0.15, 0.2) is 48.6 Å². The summed E-state index contributed by atoms with van der Waals surface area (Å²) in [6.45, 7) is 4.67. The molecule has 0 saturated heterocycles. The van der Waals surface area contributed by atoms with E-state index >= 15 is 0 Å². The molecule has 0 spiro atoms. The van der Waals surface area contributed by atoms with Gasteiger partial charge in [-0.05, 0) is 64.2 Å². The summed E-state index contributed by atoms with van der Waals surface area (Å²) in [4.78, 5) is 37.0. The zero-order valence-corrected chi connectivity index (χ0v) is 39.7. The minimum absolute atomic E-state index is 0.0404. The van der Waals surface area contributed by atoms with E-state index in [-0.39, 0.29) is 42.7 Å². The Labute approximate surface area is 369 Å². The number of carboxylic acids is 1. The Kier molecular flexibility index (Phi) is 41.0. The Bertz CT molecular complexity index is 1120. The van der Waals surface area contributed by atoms with Gasteiger partial charge in [-0.1, -0.05) is 178 Å². The van der Waals surface area contributed by atoms with Crippen LogP contribution in [-0.4, -0.2) is 80.6 Å². The number of ether oxygens (including phenoxy) is 3. The topological polar surface area (TPSA) is 99.1 Å². The second-order valence-corrected chi connectivity index (χ2v) is 17.7. The Morgan fingerprint density at radius 1 is 0.500 bits per heavy atom. The van der Waals surface area contributed by atoms with Crippen LogP contribution in [0.3, 0.4) is 0 Å². The van der Waals surface area contributed by atoms with Crippen LogP contribution in [0.1, 0.15) is 213 Å². The third-order valence-corrected chi connectivity index (χ3v) is 11.0. The van der Waals surface area contributed by atoms with Gasteiger partial charge in [-0.3, -0.25) is 9.59 Å². The molecule has 0 aromatic heterocycles. The van der Waals surface area contributed by atoms with E-state index in [1.165, 1.54) is 128 Å². The lowest BCUT2D eigenvalue weighted by molar-refractivity contribution is -0.887. The number of esters is 2. The summed E-state index contributed by atoms with van der Waals surface area (Å²) >= 11 is 0. The maximum absolute atomic E-state index is 12.8. The second kappa shape index (κ2) is 43.0.